The van der Waals surface area contributed by atoms with E-state index < -0.39 is 14.9 Å². The van der Waals surface area contributed by atoms with Gasteiger partial charge in [0.05, 0.1) is 0 Å². The van der Waals surface area contributed by atoms with Crippen LogP contribution < -0.4 is 0 Å². The van der Waals surface area contributed by atoms with Gasteiger partial charge in [0, 0.05) is 30.9 Å². The highest BCUT2D eigenvalue weighted by Crippen LogP contribution is 2.49. The number of nitrogens with zero attached hydrogens (tertiary/aromatic N) is 1. The maximum Gasteiger partial charge on any atom is 0.512 e. The van der Waals surface area contributed by atoms with Crippen molar-refractivity contribution in [2.45, 2.75) is 103 Å². The molecule has 1 atom stereocenters. The first-order valence-corrected chi connectivity index (χ1v) is 15.3. The molecule has 1 spiro atoms. The van der Waals surface area contributed by atoms with Crippen molar-refractivity contribution in [3.8, 4) is 0 Å². The average Bonchev–Trinajstić information content (AvgIpc) is 3.28. The van der Waals surface area contributed by atoms with Crippen LogP contribution >= 0.6 is 0 Å². The third-order valence-electron chi connectivity index (χ3n) is 7.20. The summed E-state index contributed by atoms with van der Waals surface area (Å²) in [5.74, 6) is -0.384. The van der Waals surface area contributed by atoms with Gasteiger partial charge in [-0.2, -0.15) is 5.06 Å². The molecular formula is C27H45NO6Si. The summed E-state index contributed by atoms with van der Waals surface area (Å²) in [5.41, 5.74) is 0.984. The zero-order valence-electron chi connectivity index (χ0n) is 22.3. The van der Waals surface area contributed by atoms with Crippen LogP contribution in [0.25, 0.3) is 0 Å². The van der Waals surface area contributed by atoms with Gasteiger partial charge < -0.3 is 18.0 Å². The summed E-state index contributed by atoms with van der Waals surface area (Å²) in [6, 6.07) is 10.0. The Hall–Kier alpha value is -1.29. The Kier molecular flexibility index (Phi) is 10.3. The lowest BCUT2D eigenvalue weighted by Crippen LogP contribution is -2.60. The molecule has 1 unspecified atom stereocenters. The van der Waals surface area contributed by atoms with E-state index >= 15 is 0 Å². The lowest BCUT2D eigenvalue weighted by molar-refractivity contribution is -0.318. The predicted molar refractivity (Wildman–Crippen MR) is 138 cm³/mol. The number of hydrogen-bond acceptors (Lipinski definition) is 7. The molecule has 3 rings (SSSR count). The quantitative estimate of drug-likeness (QED) is 0.246. The van der Waals surface area contributed by atoms with Crippen LogP contribution in [0.4, 0.5) is 0 Å². The van der Waals surface area contributed by atoms with Crippen LogP contribution in [-0.2, 0) is 27.6 Å². The van der Waals surface area contributed by atoms with E-state index in [1.165, 1.54) is 19.3 Å². The van der Waals surface area contributed by atoms with E-state index in [1.54, 1.807) is 0 Å². The van der Waals surface area contributed by atoms with Crippen LogP contribution in [0.3, 0.4) is 0 Å². The topological polar surface area (TPSA) is 66.5 Å². The maximum absolute atomic E-state index is 13.0. The SMILES string of the molecule is CCO[Si](CC(=O)OCC(ON1C(C)(C)CCCC12CCCC2)c1ccccc1)(OCC)OCC. The molecule has 35 heavy (non-hydrogen) atoms. The van der Waals surface area contributed by atoms with Gasteiger partial charge in [-0.1, -0.05) is 43.2 Å². The van der Waals surface area contributed by atoms with Crippen LogP contribution in [0.5, 0.6) is 0 Å². The lowest BCUT2D eigenvalue weighted by Gasteiger charge is -2.54. The van der Waals surface area contributed by atoms with Gasteiger partial charge in [-0.3, -0.25) is 9.63 Å². The van der Waals surface area contributed by atoms with Gasteiger partial charge in [0.2, 0.25) is 0 Å². The van der Waals surface area contributed by atoms with Crippen molar-refractivity contribution in [2.75, 3.05) is 26.4 Å². The number of carbonyl (C=O) groups is 1. The number of rotatable bonds is 13. The second kappa shape index (κ2) is 12.8. The van der Waals surface area contributed by atoms with Crippen molar-refractivity contribution >= 4 is 14.8 Å². The molecule has 1 saturated heterocycles. The number of carbonyl (C=O) groups excluding carboxylic acids is 1. The summed E-state index contributed by atoms with van der Waals surface area (Å²) in [7, 11) is -3.13. The molecule has 0 bridgehead atoms. The molecular weight excluding hydrogens is 462 g/mol. The number of hydrogen-bond donors (Lipinski definition) is 0. The number of hydroxylamine groups is 2. The highest BCUT2D eigenvalue weighted by Gasteiger charge is 2.50. The fourth-order valence-electron chi connectivity index (χ4n) is 5.75. The molecule has 7 nitrogen and oxygen atoms in total. The van der Waals surface area contributed by atoms with Crippen molar-refractivity contribution in [2.24, 2.45) is 0 Å². The normalized spacial score (nSPS) is 20.7. The lowest BCUT2D eigenvalue weighted by atomic mass is 9.79. The second-order valence-corrected chi connectivity index (χ2v) is 12.8. The van der Waals surface area contributed by atoms with Crippen LogP contribution in [-0.4, -0.2) is 57.3 Å². The van der Waals surface area contributed by atoms with Crippen molar-refractivity contribution < 1.29 is 27.6 Å². The Morgan fingerprint density at radius 1 is 0.914 bits per heavy atom. The summed E-state index contributed by atoms with van der Waals surface area (Å²) in [5, 5.41) is 2.28. The van der Waals surface area contributed by atoms with Crippen LogP contribution in [0.2, 0.25) is 6.04 Å². The highest BCUT2D eigenvalue weighted by molar-refractivity contribution is 6.64. The minimum Gasteiger partial charge on any atom is -0.462 e. The Morgan fingerprint density at radius 3 is 2.06 bits per heavy atom. The standard InChI is InChI=1S/C27H45NO6Si/c1-6-31-35(32-7-2,33-8-3)22-25(29)30-21-24(23-15-10-9-11-16-23)34-28-26(4,5)17-14-20-27(28)18-12-13-19-27/h9-11,15-16,24H,6-8,12-14,17-22H2,1-5H3. The fraction of sp³-hybridized carbons (Fsp3) is 0.741. The second-order valence-electron chi connectivity index (χ2n) is 10.2. The van der Waals surface area contributed by atoms with Gasteiger partial charge in [0.1, 0.15) is 18.8 Å². The van der Waals surface area contributed by atoms with E-state index in [-0.39, 0.29) is 29.7 Å². The molecule has 0 N–H and O–H groups in total. The summed E-state index contributed by atoms with van der Waals surface area (Å²) >= 11 is 0. The molecule has 1 heterocycles. The van der Waals surface area contributed by atoms with Crippen LogP contribution in [0, 0.1) is 0 Å². The van der Waals surface area contributed by atoms with Crippen molar-refractivity contribution in [1.82, 2.24) is 5.06 Å². The first kappa shape index (κ1) is 28.3. The first-order chi connectivity index (χ1) is 16.8. The van der Waals surface area contributed by atoms with Crippen molar-refractivity contribution in [1.29, 1.82) is 0 Å². The fourth-order valence-corrected chi connectivity index (χ4v) is 8.08. The maximum atomic E-state index is 13.0. The predicted octanol–water partition coefficient (Wildman–Crippen LogP) is 5.83. The minimum absolute atomic E-state index is 0.0107. The van der Waals surface area contributed by atoms with Crippen LogP contribution in [0.1, 0.15) is 91.2 Å². The minimum atomic E-state index is -3.13. The first-order valence-electron chi connectivity index (χ1n) is 13.4. The Balaban J connectivity index is 1.76. The Bertz CT molecular complexity index is 766. The zero-order valence-corrected chi connectivity index (χ0v) is 23.3. The Labute approximate surface area is 212 Å². The van der Waals surface area contributed by atoms with E-state index in [9.17, 15) is 4.79 Å². The van der Waals surface area contributed by atoms with E-state index in [0.29, 0.717) is 19.8 Å². The monoisotopic (exact) mass is 507 g/mol. The molecule has 1 aromatic rings. The molecule has 198 valence electrons. The van der Waals surface area contributed by atoms with Gasteiger partial charge >= 0.3 is 14.8 Å². The van der Waals surface area contributed by atoms with Gasteiger partial charge in [-0.05, 0) is 72.3 Å². The Morgan fingerprint density at radius 2 is 1.49 bits per heavy atom. The third kappa shape index (κ3) is 7.14. The number of benzene rings is 1. The van der Waals surface area contributed by atoms with E-state index in [2.05, 4.69) is 18.9 Å². The van der Waals surface area contributed by atoms with Gasteiger partial charge in [0.15, 0.2) is 0 Å². The number of esters is 1. The summed E-state index contributed by atoms with van der Waals surface area (Å²) in [4.78, 5) is 19.8. The molecule has 0 radical (unpaired) electrons. The zero-order chi connectivity index (χ0) is 25.4. The molecule has 2 fully saturated rings. The van der Waals surface area contributed by atoms with Gasteiger partial charge in [-0.15, -0.1) is 0 Å². The molecule has 1 aliphatic carbocycles. The van der Waals surface area contributed by atoms with E-state index in [1.807, 2.05) is 51.1 Å². The molecule has 1 aromatic carbocycles. The van der Waals surface area contributed by atoms with E-state index in [4.69, 9.17) is 22.9 Å². The highest BCUT2D eigenvalue weighted by atomic mass is 28.4. The number of ether oxygens (including phenoxy) is 1. The van der Waals surface area contributed by atoms with Crippen molar-refractivity contribution in [3.63, 3.8) is 0 Å². The van der Waals surface area contributed by atoms with Crippen molar-refractivity contribution in [3.05, 3.63) is 35.9 Å². The molecule has 0 aromatic heterocycles. The van der Waals surface area contributed by atoms with E-state index in [0.717, 1.165) is 31.2 Å². The molecule has 0 amide bonds. The number of piperidine rings is 1. The molecule has 2 aliphatic rings. The molecule has 1 saturated carbocycles. The smallest absolute Gasteiger partial charge is 0.462 e. The average molecular weight is 508 g/mol. The molecule has 8 heteroatoms. The summed E-state index contributed by atoms with van der Waals surface area (Å²) in [6.45, 7) is 11.6. The molecule has 1 aliphatic heterocycles. The summed E-state index contributed by atoms with van der Waals surface area (Å²) in [6.07, 6.45) is 7.85. The third-order valence-corrected chi connectivity index (χ3v) is 10.1. The van der Waals surface area contributed by atoms with Gasteiger partial charge in [-0.25, -0.2) is 0 Å². The summed E-state index contributed by atoms with van der Waals surface area (Å²) < 4.78 is 23.3. The van der Waals surface area contributed by atoms with Crippen LogP contribution in [0.15, 0.2) is 30.3 Å². The van der Waals surface area contributed by atoms with Gasteiger partial charge in [0.25, 0.3) is 0 Å². The largest absolute Gasteiger partial charge is 0.512 e.